The van der Waals surface area contributed by atoms with E-state index >= 15 is 0 Å². The minimum absolute atomic E-state index is 0.183. The maximum absolute atomic E-state index is 13.3. The molecule has 0 atom stereocenters. The molecule has 0 saturated heterocycles. The second-order valence-corrected chi connectivity index (χ2v) is 3.16. The van der Waals surface area contributed by atoms with Gasteiger partial charge in [-0.2, -0.15) is 0 Å². The lowest BCUT2D eigenvalue weighted by Crippen LogP contribution is -2.04. The third-order valence-corrected chi connectivity index (χ3v) is 2.02. The van der Waals surface area contributed by atoms with Crippen molar-refractivity contribution >= 4 is 5.78 Å². The van der Waals surface area contributed by atoms with Gasteiger partial charge >= 0.3 is 0 Å². The first-order valence-electron chi connectivity index (χ1n) is 4.72. The lowest BCUT2D eigenvalue weighted by atomic mass is 10.0. The van der Waals surface area contributed by atoms with Crippen LogP contribution in [0.5, 0.6) is 5.75 Å². The number of ketones is 1. The van der Waals surface area contributed by atoms with Crippen LogP contribution in [0.4, 0.5) is 13.2 Å². The molecule has 0 radical (unpaired) electrons. The van der Waals surface area contributed by atoms with Crippen LogP contribution in [0.15, 0.2) is 12.1 Å². The zero-order valence-electron chi connectivity index (χ0n) is 8.89. The summed E-state index contributed by atoms with van der Waals surface area (Å²) in [6.07, 6.45) is -2.89. The van der Waals surface area contributed by atoms with Crippen molar-refractivity contribution in [1.82, 2.24) is 0 Å². The van der Waals surface area contributed by atoms with Gasteiger partial charge < -0.3 is 4.74 Å². The summed E-state index contributed by atoms with van der Waals surface area (Å²) in [4.78, 5) is 11.1. The molecule has 16 heavy (non-hydrogen) atoms. The Labute approximate surface area is 91.0 Å². The van der Waals surface area contributed by atoms with E-state index in [2.05, 4.69) is 0 Å². The van der Waals surface area contributed by atoms with Gasteiger partial charge in [0.15, 0.2) is 17.3 Å². The summed E-state index contributed by atoms with van der Waals surface area (Å²) >= 11 is 0. The lowest BCUT2D eigenvalue weighted by molar-refractivity contribution is 0.0998. The van der Waals surface area contributed by atoms with Crippen molar-refractivity contribution in [2.45, 2.75) is 20.3 Å². The molecule has 1 aromatic rings. The summed E-state index contributed by atoms with van der Waals surface area (Å²) in [6.45, 7) is 2.98. The molecule has 5 heteroatoms. The van der Waals surface area contributed by atoms with Crippen LogP contribution in [-0.4, -0.2) is 12.4 Å². The molecule has 0 aliphatic carbocycles. The van der Waals surface area contributed by atoms with Crippen LogP contribution in [0.3, 0.4) is 0 Å². The summed E-state index contributed by atoms with van der Waals surface area (Å²) in [7, 11) is 0. The minimum Gasteiger partial charge on any atom is -0.491 e. The van der Waals surface area contributed by atoms with Gasteiger partial charge in [0.05, 0.1) is 6.61 Å². The van der Waals surface area contributed by atoms with Crippen LogP contribution in [0.2, 0.25) is 0 Å². The zero-order chi connectivity index (χ0) is 12.3. The van der Waals surface area contributed by atoms with Crippen molar-refractivity contribution < 1.29 is 22.7 Å². The van der Waals surface area contributed by atoms with Crippen molar-refractivity contribution in [1.29, 1.82) is 0 Å². The molecule has 0 fully saturated rings. The predicted molar refractivity (Wildman–Crippen MR) is 52.5 cm³/mol. The standard InChI is InChI=1S/C11H11F3O2/c1-3-16-10-5-7(6(2)15)8(11(13)14)4-9(10)12/h4-5,11H,3H2,1-2H3. The van der Waals surface area contributed by atoms with E-state index in [-0.39, 0.29) is 17.9 Å². The number of alkyl halides is 2. The van der Waals surface area contributed by atoms with E-state index in [9.17, 15) is 18.0 Å². The first kappa shape index (κ1) is 12.5. The van der Waals surface area contributed by atoms with E-state index < -0.39 is 23.6 Å². The van der Waals surface area contributed by atoms with Gasteiger partial charge in [-0.05, 0) is 26.0 Å². The van der Waals surface area contributed by atoms with Crippen LogP contribution in [0.25, 0.3) is 0 Å². The SMILES string of the molecule is CCOc1cc(C(C)=O)c(C(F)F)cc1F. The smallest absolute Gasteiger partial charge is 0.264 e. The van der Waals surface area contributed by atoms with Crippen LogP contribution in [0, 0.1) is 5.82 Å². The summed E-state index contributed by atoms with van der Waals surface area (Å²) < 4.78 is 43.2. The normalized spacial score (nSPS) is 10.6. The van der Waals surface area contributed by atoms with Gasteiger partial charge in [0, 0.05) is 11.1 Å². The van der Waals surface area contributed by atoms with Gasteiger partial charge in [0.1, 0.15) is 0 Å². The Morgan fingerprint density at radius 3 is 2.50 bits per heavy atom. The number of carbonyl (C=O) groups is 1. The highest BCUT2D eigenvalue weighted by atomic mass is 19.3. The minimum atomic E-state index is -2.89. The number of hydrogen-bond donors (Lipinski definition) is 0. The molecule has 0 amide bonds. The van der Waals surface area contributed by atoms with Crippen LogP contribution in [-0.2, 0) is 0 Å². The molecule has 0 unspecified atom stereocenters. The van der Waals surface area contributed by atoms with Gasteiger partial charge in [0.25, 0.3) is 6.43 Å². The summed E-state index contributed by atoms with van der Waals surface area (Å²) in [5.41, 5.74) is -0.812. The molecule has 0 aliphatic heterocycles. The highest BCUT2D eigenvalue weighted by Gasteiger charge is 2.19. The van der Waals surface area contributed by atoms with E-state index in [0.29, 0.717) is 6.07 Å². The molecule has 0 saturated carbocycles. The Kier molecular flexibility index (Phi) is 3.93. The fourth-order valence-corrected chi connectivity index (χ4v) is 1.32. The third-order valence-electron chi connectivity index (χ3n) is 2.02. The van der Waals surface area contributed by atoms with E-state index in [1.165, 1.54) is 0 Å². The monoisotopic (exact) mass is 232 g/mol. The topological polar surface area (TPSA) is 26.3 Å². The maximum atomic E-state index is 13.3. The second-order valence-electron chi connectivity index (χ2n) is 3.16. The number of Topliss-reactive ketones (excluding diaryl/α,β-unsaturated/α-hetero) is 1. The molecule has 1 rings (SSSR count). The van der Waals surface area contributed by atoms with Crippen molar-refractivity contribution in [3.8, 4) is 5.75 Å². The van der Waals surface area contributed by atoms with Crippen LogP contribution in [0.1, 0.15) is 36.2 Å². The lowest BCUT2D eigenvalue weighted by Gasteiger charge is -2.10. The highest BCUT2D eigenvalue weighted by molar-refractivity contribution is 5.96. The molecule has 1 aromatic carbocycles. The van der Waals surface area contributed by atoms with Crippen molar-refractivity contribution in [3.63, 3.8) is 0 Å². The molecule has 88 valence electrons. The summed E-state index contributed by atoms with van der Waals surface area (Å²) in [5, 5.41) is 0. The molecule has 0 heterocycles. The van der Waals surface area contributed by atoms with Crippen LogP contribution >= 0.6 is 0 Å². The van der Waals surface area contributed by atoms with Gasteiger partial charge in [0.2, 0.25) is 0 Å². The Morgan fingerprint density at radius 1 is 1.44 bits per heavy atom. The van der Waals surface area contributed by atoms with Gasteiger partial charge in [-0.3, -0.25) is 4.79 Å². The first-order valence-corrected chi connectivity index (χ1v) is 4.72. The molecule has 0 spiro atoms. The molecule has 2 nitrogen and oxygen atoms in total. The average Bonchev–Trinajstić information content (AvgIpc) is 2.20. The van der Waals surface area contributed by atoms with E-state index in [1.807, 2.05) is 0 Å². The third kappa shape index (κ3) is 2.53. The average molecular weight is 232 g/mol. The van der Waals surface area contributed by atoms with Gasteiger partial charge in [-0.1, -0.05) is 0 Å². The number of halogens is 3. The van der Waals surface area contributed by atoms with Gasteiger partial charge in [-0.25, -0.2) is 13.2 Å². The maximum Gasteiger partial charge on any atom is 0.264 e. The molecule has 0 N–H and O–H groups in total. The Morgan fingerprint density at radius 2 is 2.06 bits per heavy atom. The predicted octanol–water partition coefficient (Wildman–Crippen LogP) is 3.36. The summed E-state index contributed by atoms with van der Waals surface area (Å²) in [5.74, 6) is -1.62. The quantitative estimate of drug-likeness (QED) is 0.744. The first-order chi connectivity index (χ1) is 7.47. The van der Waals surface area contributed by atoms with E-state index in [4.69, 9.17) is 4.74 Å². The van der Waals surface area contributed by atoms with Crippen molar-refractivity contribution in [2.24, 2.45) is 0 Å². The highest BCUT2D eigenvalue weighted by Crippen LogP contribution is 2.29. The molecular weight excluding hydrogens is 221 g/mol. The molecular formula is C11H11F3O2. The number of hydrogen-bond acceptors (Lipinski definition) is 2. The second kappa shape index (κ2) is 5.01. The van der Waals surface area contributed by atoms with Gasteiger partial charge in [-0.15, -0.1) is 0 Å². The van der Waals surface area contributed by atoms with Crippen molar-refractivity contribution in [2.75, 3.05) is 6.61 Å². The van der Waals surface area contributed by atoms with Crippen molar-refractivity contribution in [3.05, 3.63) is 29.1 Å². The van der Waals surface area contributed by atoms with E-state index in [1.54, 1.807) is 6.92 Å². The molecule has 0 bridgehead atoms. The Bertz CT molecular complexity index is 402. The number of benzene rings is 1. The number of carbonyl (C=O) groups excluding carboxylic acids is 1. The number of ether oxygens (including phenoxy) is 1. The Balaban J connectivity index is 3.31. The van der Waals surface area contributed by atoms with E-state index in [0.717, 1.165) is 13.0 Å². The fourth-order valence-electron chi connectivity index (χ4n) is 1.32. The Hall–Kier alpha value is -1.52. The fraction of sp³-hybridized carbons (Fsp3) is 0.364. The number of rotatable bonds is 4. The van der Waals surface area contributed by atoms with Crippen LogP contribution < -0.4 is 4.74 Å². The summed E-state index contributed by atoms with van der Waals surface area (Å²) in [6, 6.07) is 1.66. The largest absolute Gasteiger partial charge is 0.491 e. The molecule has 0 aromatic heterocycles. The molecule has 0 aliphatic rings. The zero-order valence-corrected chi connectivity index (χ0v) is 8.89.